The summed E-state index contributed by atoms with van der Waals surface area (Å²) >= 11 is 0. The van der Waals surface area contributed by atoms with E-state index >= 15 is 0 Å². The van der Waals surface area contributed by atoms with Crippen molar-refractivity contribution in [2.75, 3.05) is 6.61 Å². The first kappa shape index (κ1) is 19.6. The van der Waals surface area contributed by atoms with E-state index in [-0.39, 0.29) is 30.7 Å². The van der Waals surface area contributed by atoms with Crippen LogP contribution in [0.2, 0.25) is 0 Å². The number of amides is 1. The van der Waals surface area contributed by atoms with Crippen LogP contribution in [0.15, 0.2) is 47.3 Å². The SMILES string of the molecule is Cc1ccc(OCC(=O)N(Cc2nc3ccccc3c(=O)[nH]2)C(C)C)c(C)c1. The zero-order chi connectivity index (χ0) is 20.3. The zero-order valence-corrected chi connectivity index (χ0v) is 16.7. The summed E-state index contributed by atoms with van der Waals surface area (Å²) in [4.78, 5) is 34.0. The summed E-state index contributed by atoms with van der Waals surface area (Å²) in [5.74, 6) is 0.989. The van der Waals surface area contributed by atoms with E-state index in [0.29, 0.717) is 22.5 Å². The molecule has 0 spiro atoms. The van der Waals surface area contributed by atoms with E-state index in [0.717, 1.165) is 11.1 Å². The molecule has 0 unspecified atom stereocenters. The molecule has 0 radical (unpaired) electrons. The Bertz CT molecular complexity index is 1060. The minimum atomic E-state index is -0.205. The Morgan fingerprint density at radius 3 is 2.64 bits per heavy atom. The van der Waals surface area contributed by atoms with Crippen molar-refractivity contribution in [3.8, 4) is 5.75 Å². The number of aromatic nitrogens is 2. The van der Waals surface area contributed by atoms with Gasteiger partial charge in [0.25, 0.3) is 11.5 Å². The van der Waals surface area contributed by atoms with Crippen LogP contribution in [0.25, 0.3) is 10.9 Å². The molecule has 3 aromatic rings. The molecule has 1 amide bonds. The number of hydrogen-bond donors (Lipinski definition) is 1. The van der Waals surface area contributed by atoms with Crippen molar-refractivity contribution in [1.82, 2.24) is 14.9 Å². The minimum absolute atomic E-state index is 0.0630. The molecule has 0 aliphatic rings. The number of nitrogens with one attached hydrogen (secondary N) is 1. The van der Waals surface area contributed by atoms with Gasteiger partial charge in [-0.1, -0.05) is 29.8 Å². The molecule has 1 heterocycles. The number of aromatic amines is 1. The maximum absolute atomic E-state index is 12.8. The fraction of sp³-hybridized carbons (Fsp3) is 0.318. The molecule has 0 aliphatic carbocycles. The molecule has 6 heteroatoms. The summed E-state index contributed by atoms with van der Waals surface area (Å²) in [5.41, 5.74) is 2.54. The van der Waals surface area contributed by atoms with Gasteiger partial charge in [-0.05, 0) is 51.5 Å². The molecule has 0 aliphatic heterocycles. The molecule has 1 N–H and O–H groups in total. The first-order valence-electron chi connectivity index (χ1n) is 9.32. The first-order valence-corrected chi connectivity index (χ1v) is 9.32. The van der Waals surface area contributed by atoms with Crippen LogP contribution in [0.3, 0.4) is 0 Å². The van der Waals surface area contributed by atoms with Crippen molar-refractivity contribution in [3.05, 3.63) is 69.8 Å². The largest absolute Gasteiger partial charge is 0.483 e. The molecule has 3 rings (SSSR count). The second-order valence-electron chi connectivity index (χ2n) is 7.20. The number of H-pyrrole nitrogens is 1. The number of nitrogens with zero attached hydrogens (tertiary/aromatic N) is 2. The molecule has 0 saturated heterocycles. The van der Waals surface area contributed by atoms with Gasteiger partial charge >= 0.3 is 0 Å². The molecule has 0 bridgehead atoms. The van der Waals surface area contributed by atoms with Crippen molar-refractivity contribution < 1.29 is 9.53 Å². The number of fused-ring (bicyclic) bond motifs is 1. The van der Waals surface area contributed by atoms with Gasteiger partial charge < -0.3 is 14.6 Å². The van der Waals surface area contributed by atoms with Crippen LogP contribution in [0, 0.1) is 13.8 Å². The van der Waals surface area contributed by atoms with Crippen LogP contribution in [0.1, 0.15) is 30.8 Å². The number of para-hydroxylation sites is 1. The zero-order valence-electron chi connectivity index (χ0n) is 16.7. The predicted octanol–water partition coefficient (Wildman–Crippen LogP) is 3.36. The third-order valence-corrected chi connectivity index (χ3v) is 4.61. The number of carbonyl (C=O) groups is 1. The van der Waals surface area contributed by atoms with E-state index in [9.17, 15) is 9.59 Å². The third-order valence-electron chi connectivity index (χ3n) is 4.61. The second kappa shape index (κ2) is 8.25. The molecule has 6 nitrogen and oxygen atoms in total. The van der Waals surface area contributed by atoms with Crippen molar-refractivity contribution in [2.24, 2.45) is 0 Å². The van der Waals surface area contributed by atoms with Crippen LogP contribution in [0.5, 0.6) is 5.75 Å². The molecular weight excluding hydrogens is 354 g/mol. The topological polar surface area (TPSA) is 75.3 Å². The summed E-state index contributed by atoms with van der Waals surface area (Å²) in [6.45, 7) is 7.96. The van der Waals surface area contributed by atoms with Gasteiger partial charge in [0.1, 0.15) is 11.6 Å². The van der Waals surface area contributed by atoms with E-state index in [1.807, 2.05) is 52.0 Å². The Kier molecular flexibility index (Phi) is 5.78. The number of ether oxygens (including phenoxy) is 1. The van der Waals surface area contributed by atoms with Gasteiger partial charge in [-0.25, -0.2) is 4.98 Å². The highest BCUT2D eigenvalue weighted by Crippen LogP contribution is 2.19. The standard InChI is InChI=1S/C22H25N3O3/c1-14(2)25(21(26)13-28-19-10-9-15(3)11-16(19)4)12-20-23-18-8-6-5-7-17(18)22(27)24-20/h5-11,14H,12-13H2,1-4H3,(H,23,24,27). The molecular formula is C22H25N3O3. The Morgan fingerprint density at radius 1 is 1.18 bits per heavy atom. The van der Waals surface area contributed by atoms with Gasteiger partial charge in [0, 0.05) is 6.04 Å². The average Bonchev–Trinajstić information content (AvgIpc) is 2.65. The Morgan fingerprint density at radius 2 is 1.93 bits per heavy atom. The van der Waals surface area contributed by atoms with E-state index < -0.39 is 0 Å². The third kappa shape index (κ3) is 4.39. The molecule has 0 saturated carbocycles. The second-order valence-corrected chi connectivity index (χ2v) is 7.20. The van der Waals surface area contributed by atoms with Gasteiger partial charge in [0.05, 0.1) is 17.4 Å². The lowest BCUT2D eigenvalue weighted by Crippen LogP contribution is -2.40. The van der Waals surface area contributed by atoms with Crippen molar-refractivity contribution >= 4 is 16.8 Å². The monoisotopic (exact) mass is 379 g/mol. The number of rotatable bonds is 6. The summed E-state index contributed by atoms with van der Waals surface area (Å²) < 4.78 is 5.73. The van der Waals surface area contributed by atoms with Crippen molar-refractivity contribution in [3.63, 3.8) is 0 Å². The smallest absolute Gasteiger partial charge is 0.261 e. The van der Waals surface area contributed by atoms with Gasteiger partial charge in [-0.2, -0.15) is 0 Å². The van der Waals surface area contributed by atoms with Crippen LogP contribution >= 0.6 is 0 Å². The average molecular weight is 379 g/mol. The van der Waals surface area contributed by atoms with E-state index in [4.69, 9.17) is 4.74 Å². The van der Waals surface area contributed by atoms with Gasteiger partial charge in [0.2, 0.25) is 0 Å². The minimum Gasteiger partial charge on any atom is -0.483 e. The molecule has 2 aromatic carbocycles. The number of benzene rings is 2. The van der Waals surface area contributed by atoms with Crippen molar-refractivity contribution in [2.45, 2.75) is 40.3 Å². The molecule has 28 heavy (non-hydrogen) atoms. The Balaban J connectivity index is 1.76. The van der Waals surface area contributed by atoms with Gasteiger partial charge in [-0.15, -0.1) is 0 Å². The number of hydrogen-bond acceptors (Lipinski definition) is 4. The van der Waals surface area contributed by atoms with Gasteiger partial charge in [0.15, 0.2) is 6.61 Å². The summed E-state index contributed by atoms with van der Waals surface area (Å²) in [6, 6.07) is 12.9. The number of carbonyl (C=O) groups excluding carboxylic acids is 1. The number of aryl methyl sites for hydroxylation is 2. The molecule has 0 fully saturated rings. The lowest BCUT2D eigenvalue weighted by Gasteiger charge is -2.26. The van der Waals surface area contributed by atoms with Crippen molar-refractivity contribution in [1.29, 1.82) is 0 Å². The lowest BCUT2D eigenvalue weighted by atomic mass is 10.1. The summed E-state index contributed by atoms with van der Waals surface area (Å²) in [7, 11) is 0. The maximum atomic E-state index is 12.8. The fourth-order valence-corrected chi connectivity index (χ4v) is 3.11. The highest BCUT2D eigenvalue weighted by atomic mass is 16.5. The van der Waals surface area contributed by atoms with E-state index in [2.05, 4.69) is 9.97 Å². The summed E-state index contributed by atoms with van der Waals surface area (Å²) in [6.07, 6.45) is 0. The Hall–Kier alpha value is -3.15. The van der Waals surface area contributed by atoms with E-state index in [1.54, 1.807) is 23.1 Å². The van der Waals surface area contributed by atoms with Gasteiger partial charge in [-0.3, -0.25) is 9.59 Å². The maximum Gasteiger partial charge on any atom is 0.261 e. The van der Waals surface area contributed by atoms with Crippen LogP contribution in [0.4, 0.5) is 0 Å². The van der Waals surface area contributed by atoms with Crippen LogP contribution < -0.4 is 10.3 Å². The lowest BCUT2D eigenvalue weighted by molar-refractivity contribution is -0.135. The highest BCUT2D eigenvalue weighted by molar-refractivity contribution is 5.79. The highest BCUT2D eigenvalue weighted by Gasteiger charge is 2.20. The Labute approximate surface area is 164 Å². The summed E-state index contributed by atoms with van der Waals surface area (Å²) in [5, 5.41) is 0.534. The van der Waals surface area contributed by atoms with E-state index in [1.165, 1.54) is 0 Å². The predicted molar refractivity (Wildman–Crippen MR) is 109 cm³/mol. The van der Waals surface area contributed by atoms with Crippen LogP contribution in [-0.2, 0) is 11.3 Å². The molecule has 1 aromatic heterocycles. The molecule has 146 valence electrons. The molecule has 0 atom stereocenters. The van der Waals surface area contributed by atoms with Crippen LogP contribution in [-0.4, -0.2) is 33.4 Å². The normalized spacial score (nSPS) is 11.0. The quantitative estimate of drug-likeness (QED) is 0.713. The fourth-order valence-electron chi connectivity index (χ4n) is 3.11. The first-order chi connectivity index (χ1) is 13.3.